The molecule has 3 nitrogen and oxygen atoms in total. The minimum absolute atomic E-state index is 0.403. The molecule has 1 aromatic heterocycles. The van der Waals surface area contributed by atoms with Crippen molar-refractivity contribution in [2.24, 2.45) is 0 Å². The number of aryl methyl sites for hydroxylation is 1. The molecule has 0 aliphatic heterocycles. The van der Waals surface area contributed by atoms with Crippen LogP contribution in [0.4, 0.5) is 0 Å². The molecule has 0 spiro atoms. The normalized spacial score (nSPS) is 13.1. The monoisotopic (exact) mass is 196 g/mol. The van der Waals surface area contributed by atoms with Crippen LogP contribution in [-0.4, -0.2) is 14.9 Å². The number of nitrogens with zero attached hydrogens (tertiary/aromatic N) is 2. The molecule has 0 bridgehead atoms. The number of unbranched alkanes of at least 4 members (excludes halogenated alkanes) is 3. The molecule has 1 heterocycles. The lowest BCUT2D eigenvalue weighted by molar-refractivity contribution is 0.199. The van der Waals surface area contributed by atoms with Gasteiger partial charge < -0.3 is 5.11 Å². The first kappa shape index (κ1) is 11.2. The Hall–Kier alpha value is -0.830. The molecular formula is C11H20N2O. The second kappa shape index (κ2) is 5.81. The third-order valence-electron chi connectivity index (χ3n) is 2.38. The molecule has 1 aromatic rings. The lowest BCUT2D eigenvalue weighted by Gasteiger charge is -2.00. The van der Waals surface area contributed by atoms with Crippen LogP contribution in [-0.2, 0) is 6.54 Å². The summed E-state index contributed by atoms with van der Waals surface area (Å²) in [5.41, 5.74) is 0.903. The first-order valence-corrected chi connectivity index (χ1v) is 5.44. The second-order valence-electron chi connectivity index (χ2n) is 3.77. The predicted molar refractivity (Wildman–Crippen MR) is 57.0 cm³/mol. The highest BCUT2D eigenvalue weighted by molar-refractivity contribution is 5.06. The van der Waals surface area contributed by atoms with E-state index in [9.17, 15) is 5.11 Å². The minimum atomic E-state index is -0.403. The molecular weight excluding hydrogens is 176 g/mol. The van der Waals surface area contributed by atoms with Crippen LogP contribution in [0.2, 0.25) is 0 Å². The van der Waals surface area contributed by atoms with Crippen LogP contribution < -0.4 is 0 Å². The van der Waals surface area contributed by atoms with Crippen LogP contribution in [0.1, 0.15) is 51.2 Å². The van der Waals surface area contributed by atoms with Crippen molar-refractivity contribution in [1.29, 1.82) is 0 Å². The number of hydrogen-bond acceptors (Lipinski definition) is 2. The Labute approximate surface area is 85.8 Å². The fraction of sp³-hybridized carbons (Fsp3) is 0.727. The summed E-state index contributed by atoms with van der Waals surface area (Å²) in [6.45, 7) is 4.94. The molecule has 1 rings (SSSR count). The third kappa shape index (κ3) is 3.50. The molecule has 1 atom stereocenters. The van der Waals surface area contributed by atoms with Crippen molar-refractivity contribution in [2.75, 3.05) is 0 Å². The largest absolute Gasteiger partial charge is 0.389 e. The summed E-state index contributed by atoms with van der Waals surface area (Å²) >= 11 is 0. The van der Waals surface area contributed by atoms with Gasteiger partial charge in [0.1, 0.15) is 0 Å². The van der Waals surface area contributed by atoms with Crippen molar-refractivity contribution in [3.8, 4) is 0 Å². The van der Waals surface area contributed by atoms with E-state index < -0.39 is 6.10 Å². The molecule has 1 N–H and O–H groups in total. The summed E-state index contributed by atoms with van der Waals surface area (Å²) in [7, 11) is 0. The quantitative estimate of drug-likeness (QED) is 0.710. The Balaban J connectivity index is 2.29. The second-order valence-corrected chi connectivity index (χ2v) is 3.77. The Morgan fingerprint density at radius 1 is 1.43 bits per heavy atom. The topological polar surface area (TPSA) is 38.0 Å². The Bertz CT molecular complexity index is 256. The molecule has 14 heavy (non-hydrogen) atoms. The summed E-state index contributed by atoms with van der Waals surface area (Å²) in [5.74, 6) is 0. The fourth-order valence-corrected chi connectivity index (χ4v) is 1.42. The zero-order valence-electron chi connectivity index (χ0n) is 9.11. The molecule has 0 aliphatic rings. The predicted octanol–water partition coefficient (Wildman–Crippen LogP) is 2.52. The maximum absolute atomic E-state index is 9.29. The van der Waals surface area contributed by atoms with Gasteiger partial charge in [-0.1, -0.05) is 26.2 Å². The van der Waals surface area contributed by atoms with E-state index in [1.54, 1.807) is 13.1 Å². The molecule has 0 aromatic carbocycles. The number of aromatic nitrogens is 2. The maximum atomic E-state index is 9.29. The smallest absolute Gasteiger partial charge is 0.0792 e. The molecule has 0 amide bonds. The van der Waals surface area contributed by atoms with Crippen molar-refractivity contribution in [2.45, 2.75) is 52.2 Å². The fourth-order valence-electron chi connectivity index (χ4n) is 1.42. The summed E-state index contributed by atoms with van der Waals surface area (Å²) in [4.78, 5) is 0. The molecule has 1 unspecified atom stereocenters. The first-order chi connectivity index (χ1) is 6.74. The number of rotatable bonds is 6. The van der Waals surface area contributed by atoms with Gasteiger partial charge in [0.25, 0.3) is 0 Å². The summed E-state index contributed by atoms with van der Waals surface area (Å²) < 4.78 is 1.91. The lowest BCUT2D eigenvalue weighted by atomic mass is 10.2. The summed E-state index contributed by atoms with van der Waals surface area (Å²) in [5, 5.41) is 13.5. The highest BCUT2D eigenvalue weighted by Crippen LogP contribution is 2.10. The Morgan fingerprint density at radius 2 is 2.21 bits per heavy atom. The van der Waals surface area contributed by atoms with Crippen LogP contribution in [0, 0.1) is 0 Å². The van der Waals surface area contributed by atoms with Gasteiger partial charge in [0.05, 0.1) is 12.3 Å². The zero-order valence-corrected chi connectivity index (χ0v) is 9.11. The van der Waals surface area contributed by atoms with Gasteiger partial charge in [-0.15, -0.1) is 0 Å². The standard InChI is InChI=1S/C11H20N2O/c1-3-4-5-6-7-13-9-11(8-12-13)10(2)14/h8-10,14H,3-7H2,1-2H3. The van der Waals surface area contributed by atoms with E-state index in [1.165, 1.54) is 25.7 Å². The average molecular weight is 196 g/mol. The van der Waals surface area contributed by atoms with Crippen LogP contribution in [0.5, 0.6) is 0 Å². The lowest BCUT2D eigenvalue weighted by Crippen LogP contribution is -1.98. The van der Waals surface area contributed by atoms with Crippen molar-refractivity contribution in [1.82, 2.24) is 9.78 Å². The number of aliphatic hydroxyl groups excluding tert-OH is 1. The van der Waals surface area contributed by atoms with E-state index in [0.717, 1.165) is 12.1 Å². The van der Waals surface area contributed by atoms with Crippen LogP contribution >= 0.6 is 0 Å². The van der Waals surface area contributed by atoms with Crippen molar-refractivity contribution < 1.29 is 5.11 Å². The van der Waals surface area contributed by atoms with Crippen LogP contribution in [0.25, 0.3) is 0 Å². The first-order valence-electron chi connectivity index (χ1n) is 5.44. The van der Waals surface area contributed by atoms with Crippen LogP contribution in [0.3, 0.4) is 0 Å². The van der Waals surface area contributed by atoms with Crippen LogP contribution in [0.15, 0.2) is 12.4 Å². The van der Waals surface area contributed by atoms with E-state index in [2.05, 4.69) is 12.0 Å². The molecule has 0 aliphatic carbocycles. The molecule has 0 radical (unpaired) electrons. The van der Waals surface area contributed by atoms with E-state index in [-0.39, 0.29) is 0 Å². The zero-order chi connectivity index (χ0) is 10.4. The van der Waals surface area contributed by atoms with E-state index >= 15 is 0 Å². The molecule has 0 fully saturated rings. The van der Waals surface area contributed by atoms with Gasteiger partial charge in [-0.2, -0.15) is 5.10 Å². The Kier molecular flexibility index (Phi) is 4.66. The molecule has 3 heteroatoms. The molecule has 0 saturated carbocycles. The summed E-state index contributed by atoms with van der Waals surface area (Å²) in [6.07, 6.45) is 8.26. The van der Waals surface area contributed by atoms with Gasteiger partial charge in [0, 0.05) is 18.3 Å². The summed E-state index contributed by atoms with van der Waals surface area (Å²) in [6, 6.07) is 0. The minimum Gasteiger partial charge on any atom is -0.389 e. The van der Waals surface area contributed by atoms with E-state index in [1.807, 2.05) is 10.9 Å². The average Bonchev–Trinajstić information content (AvgIpc) is 2.61. The van der Waals surface area contributed by atoms with Crippen molar-refractivity contribution in [3.05, 3.63) is 18.0 Å². The maximum Gasteiger partial charge on any atom is 0.0792 e. The van der Waals surface area contributed by atoms with Gasteiger partial charge in [0.2, 0.25) is 0 Å². The highest BCUT2D eigenvalue weighted by atomic mass is 16.3. The van der Waals surface area contributed by atoms with Gasteiger partial charge in [-0.05, 0) is 13.3 Å². The van der Waals surface area contributed by atoms with Crippen molar-refractivity contribution >= 4 is 0 Å². The van der Waals surface area contributed by atoms with Crippen molar-refractivity contribution in [3.63, 3.8) is 0 Å². The number of hydrogen-bond donors (Lipinski definition) is 1. The van der Waals surface area contributed by atoms with Gasteiger partial charge in [0.15, 0.2) is 0 Å². The number of aliphatic hydroxyl groups is 1. The highest BCUT2D eigenvalue weighted by Gasteiger charge is 2.03. The SMILES string of the molecule is CCCCCCn1cc(C(C)O)cn1. The van der Waals surface area contributed by atoms with Gasteiger partial charge in [-0.3, -0.25) is 4.68 Å². The van der Waals surface area contributed by atoms with E-state index in [0.29, 0.717) is 0 Å². The Morgan fingerprint density at radius 3 is 2.79 bits per heavy atom. The molecule has 0 saturated heterocycles. The van der Waals surface area contributed by atoms with Gasteiger partial charge in [-0.25, -0.2) is 0 Å². The van der Waals surface area contributed by atoms with E-state index in [4.69, 9.17) is 0 Å². The molecule has 80 valence electrons. The van der Waals surface area contributed by atoms with Gasteiger partial charge >= 0.3 is 0 Å². The third-order valence-corrected chi connectivity index (χ3v) is 2.38.